The molecule has 2 rings (SSSR count). The summed E-state index contributed by atoms with van der Waals surface area (Å²) in [5, 5.41) is 0. The highest BCUT2D eigenvalue weighted by Crippen LogP contribution is 2.64. The fourth-order valence-corrected chi connectivity index (χ4v) is 3.19. The molecule has 0 aromatic carbocycles. The molecule has 0 heterocycles. The Morgan fingerprint density at radius 1 is 1.53 bits per heavy atom. The normalized spacial score (nSPS) is 36.5. The zero-order chi connectivity index (χ0) is 11.3. The second kappa shape index (κ2) is 3.10. The lowest BCUT2D eigenvalue weighted by atomic mass is 9.70. The number of ether oxygens (including phenoxy) is 1. The van der Waals surface area contributed by atoms with Gasteiger partial charge in [0.1, 0.15) is 0 Å². The van der Waals surface area contributed by atoms with Crippen molar-refractivity contribution in [1.82, 2.24) is 0 Å². The van der Waals surface area contributed by atoms with E-state index in [9.17, 15) is 4.79 Å². The summed E-state index contributed by atoms with van der Waals surface area (Å²) in [6, 6.07) is 0. The van der Waals surface area contributed by atoms with Crippen molar-refractivity contribution in [2.75, 3.05) is 6.61 Å². The van der Waals surface area contributed by atoms with Crippen molar-refractivity contribution in [3.8, 4) is 0 Å². The van der Waals surface area contributed by atoms with Gasteiger partial charge in [0.15, 0.2) is 0 Å². The van der Waals surface area contributed by atoms with E-state index in [1.54, 1.807) is 0 Å². The Kier molecular flexibility index (Phi) is 2.21. The average molecular weight is 208 g/mol. The van der Waals surface area contributed by atoms with Gasteiger partial charge in [-0.15, -0.1) is 0 Å². The molecule has 2 bridgehead atoms. The van der Waals surface area contributed by atoms with Gasteiger partial charge in [0.25, 0.3) is 0 Å². The lowest BCUT2D eigenvalue weighted by Crippen LogP contribution is -2.28. The van der Waals surface area contributed by atoms with Crippen LogP contribution in [0.1, 0.15) is 40.5 Å². The number of esters is 1. The van der Waals surface area contributed by atoms with E-state index in [0.29, 0.717) is 12.5 Å². The molecule has 84 valence electrons. The molecule has 0 spiro atoms. The first-order chi connectivity index (χ1) is 6.92. The highest BCUT2D eigenvalue weighted by atomic mass is 16.5. The molecule has 0 aromatic rings. The smallest absolute Gasteiger partial charge is 0.333 e. The number of allylic oxidation sites excluding steroid dienone is 1. The van der Waals surface area contributed by atoms with Gasteiger partial charge >= 0.3 is 5.97 Å². The molecule has 0 radical (unpaired) electrons. The van der Waals surface area contributed by atoms with Crippen molar-refractivity contribution >= 4 is 5.97 Å². The van der Waals surface area contributed by atoms with Crippen molar-refractivity contribution in [2.24, 2.45) is 16.7 Å². The van der Waals surface area contributed by atoms with Gasteiger partial charge in [-0.25, -0.2) is 4.79 Å². The lowest BCUT2D eigenvalue weighted by Gasteiger charge is -2.33. The van der Waals surface area contributed by atoms with E-state index >= 15 is 0 Å². The number of carbonyl (C=O) groups excluding carboxylic acids is 1. The van der Waals surface area contributed by atoms with E-state index < -0.39 is 0 Å². The molecule has 0 unspecified atom stereocenters. The van der Waals surface area contributed by atoms with Gasteiger partial charge in [0.05, 0.1) is 6.61 Å². The molecule has 0 aromatic heterocycles. The van der Waals surface area contributed by atoms with Gasteiger partial charge in [0, 0.05) is 5.57 Å². The second-order valence-electron chi connectivity index (χ2n) is 5.55. The summed E-state index contributed by atoms with van der Waals surface area (Å²) in [4.78, 5) is 11.8. The molecule has 0 saturated heterocycles. The van der Waals surface area contributed by atoms with Crippen LogP contribution in [0.25, 0.3) is 0 Å². The van der Waals surface area contributed by atoms with Crippen LogP contribution in [0.15, 0.2) is 11.6 Å². The fourth-order valence-electron chi connectivity index (χ4n) is 3.19. The number of carbonyl (C=O) groups is 1. The van der Waals surface area contributed by atoms with Crippen molar-refractivity contribution in [3.05, 3.63) is 11.6 Å². The minimum atomic E-state index is -0.0981. The topological polar surface area (TPSA) is 26.3 Å². The third kappa shape index (κ3) is 1.27. The van der Waals surface area contributed by atoms with E-state index in [1.807, 2.05) is 6.92 Å². The Morgan fingerprint density at radius 2 is 2.20 bits per heavy atom. The quantitative estimate of drug-likeness (QED) is 0.652. The lowest BCUT2D eigenvalue weighted by molar-refractivity contribution is -0.139. The van der Waals surface area contributed by atoms with Gasteiger partial charge in [-0.1, -0.05) is 26.8 Å². The molecule has 2 heteroatoms. The first-order valence-corrected chi connectivity index (χ1v) is 5.82. The zero-order valence-corrected chi connectivity index (χ0v) is 10.1. The fraction of sp³-hybridized carbons (Fsp3) is 0.769. The van der Waals surface area contributed by atoms with Crippen LogP contribution in [0.5, 0.6) is 0 Å². The third-order valence-electron chi connectivity index (χ3n) is 4.66. The van der Waals surface area contributed by atoms with Crippen molar-refractivity contribution in [3.63, 3.8) is 0 Å². The van der Waals surface area contributed by atoms with Gasteiger partial charge in [0.2, 0.25) is 0 Å². The highest BCUT2D eigenvalue weighted by molar-refractivity contribution is 5.90. The van der Waals surface area contributed by atoms with E-state index in [-0.39, 0.29) is 16.8 Å². The Balaban J connectivity index is 2.29. The summed E-state index contributed by atoms with van der Waals surface area (Å²) >= 11 is 0. The Bertz CT molecular complexity index is 327. The monoisotopic (exact) mass is 208 g/mol. The molecule has 1 fully saturated rings. The summed E-state index contributed by atoms with van der Waals surface area (Å²) in [6.07, 6.45) is 4.50. The number of rotatable bonds is 2. The van der Waals surface area contributed by atoms with Crippen LogP contribution in [0.2, 0.25) is 0 Å². The van der Waals surface area contributed by atoms with Crippen LogP contribution in [-0.4, -0.2) is 12.6 Å². The Morgan fingerprint density at radius 3 is 2.60 bits per heavy atom. The van der Waals surface area contributed by atoms with Crippen LogP contribution >= 0.6 is 0 Å². The van der Waals surface area contributed by atoms with E-state index in [2.05, 4.69) is 26.8 Å². The molecule has 0 aliphatic heterocycles. The summed E-state index contributed by atoms with van der Waals surface area (Å²) in [7, 11) is 0. The Hall–Kier alpha value is -0.790. The largest absolute Gasteiger partial charge is 0.463 e. The van der Waals surface area contributed by atoms with Gasteiger partial charge in [-0.2, -0.15) is 0 Å². The number of hydrogen-bond acceptors (Lipinski definition) is 2. The van der Waals surface area contributed by atoms with Crippen molar-refractivity contribution in [2.45, 2.75) is 40.5 Å². The van der Waals surface area contributed by atoms with Crippen LogP contribution < -0.4 is 0 Å². The molecule has 1 saturated carbocycles. The first kappa shape index (κ1) is 10.7. The van der Waals surface area contributed by atoms with Crippen LogP contribution in [0.3, 0.4) is 0 Å². The second-order valence-corrected chi connectivity index (χ2v) is 5.55. The maximum Gasteiger partial charge on any atom is 0.333 e. The minimum absolute atomic E-state index is 0.0981. The first-order valence-electron chi connectivity index (χ1n) is 5.82. The molecular formula is C13H20O2. The molecule has 0 amide bonds. The highest BCUT2D eigenvalue weighted by Gasteiger charge is 2.57. The van der Waals surface area contributed by atoms with Crippen LogP contribution in [-0.2, 0) is 9.53 Å². The predicted octanol–water partition coefficient (Wildman–Crippen LogP) is 2.93. The van der Waals surface area contributed by atoms with Gasteiger partial charge in [-0.05, 0) is 36.5 Å². The zero-order valence-electron chi connectivity index (χ0n) is 10.1. The summed E-state index contributed by atoms with van der Waals surface area (Å²) < 4.78 is 5.11. The van der Waals surface area contributed by atoms with E-state index in [0.717, 1.165) is 12.0 Å². The molecule has 2 atom stereocenters. The standard InChI is InChI=1S/C13H20O2/c1-5-15-11(14)9-8-13(4)7-6-10(9)12(13,2)3/h8,10H,5-7H2,1-4H3/t10-,13-/m0/s1. The number of fused-ring (bicyclic) bond motifs is 2. The van der Waals surface area contributed by atoms with Crippen molar-refractivity contribution < 1.29 is 9.53 Å². The molecule has 15 heavy (non-hydrogen) atoms. The van der Waals surface area contributed by atoms with Gasteiger partial charge in [-0.3, -0.25) is 0 Å². The van der Waals surface area contributed by atoms with E-state index in [4.69, 9.17) is 4.74 Å². The molecular weight excluding hydrogens is 188 g/mol. The number of hydrogen-bond donors (Lipinski definition) is 0. The predicted molar refractivity (Wildman–Crippen MR) is 59.3 cm³/mol. The minimum Gasteiger partial charge on any atom is -0.463 e. The summed E-state index contributed by atoms with van der Waals surface area (Å²) in [6.45, 7) is 9.14. The molecule has 2 aliphatic carbocycles. The Labute approximate surface area is 91.7 Å². The van der Waals surface area contributed by atoms with Crippen LogP contribution in [0.4, 0.5) is 0 Å². The maximum atomic E-state index is 11.8. The molecule has 2 nitrogen and oxygen atoms in total. The SMILES string of the molecule is CCOC(=O)C1=C[C@]2(C)CC[C@@H]1C2(C)C. The average Bonchev–Trinajstić information content (AvgIpc) is 2.49. The summed E-state index contributed by atoms with van der Waals surface area (Å²) in [5.41, 5.74) is 1.34. The third-order valence-corrected chi connectivity index (χ3v) is 4.66. The summed E-state index contributed by atoms with van der Waals surface area (Å²) in [5.74, 6) is 0.306. The van der Waals surface area contributed by atoms with Crippen LogP contribution in [0, 0.1) is 16.7 Å². The van der Waals surface area contributed by atoms with Gasteiger partial charge < -0.3 is 4.74 Å². The van der Waals surface area contributed by atoms with Crippen molar-refractivity contribution in [1.29, 1.82) is 0 Å². The maximum absolute atomic E-state index is 11.8. The molecule has 0 N–H and O–H groups in total. The van der Waals surface area contributed by atoms with E-state index in [1.165, 1.54) is 6.42 Å². The molecule has 2 aliphatic rings.